The van der Waals surface area contributed by atoms with Crippen molar-refractivity contribution in [1.29, 1.82) is 0 Å². The molecule has 1 aromatic heterocycles. The molecular weight excluding hydrogens is 314 g/mol. The van der Waals surface area contributed by atoms with Crippen molar-refractivity contribution >= 4 is 11.7 Å². The zero-order valence-electron chi connectivity index (χ0n) is 14.7. The van der Waals surface area contributed by atoms with Crippen molar-refractivity contribution < 1.29 is 9.53 Å². The topological polar surface area (TPSA) is 54.5 Å². The Kier molecular flexibility index (Phi) is 5.88. The van der Waals surface area contributed by atoms with Crippen LogP contribution in [0.4, 0.5) is 5.82 Å². The van der Waals surface area contributed by atoms with Crippen LogP contribution in [0.3, 0.4) is 0 Å². The molecule has 0 atom stereocenters. The molecular formula is C20H25N3O2. The first-order valence-corrected chi connectivity index (χ1v) is 8.93. The van der Waals surface area contributed by atoms with Gasteiger partial charge in [0.05, 0.1) is 0 Å². The predicted molar refractivity (Wildman–Crippen MR) is 98.8 cm³/mol. The van der Waals surface area contributed by atoms with E-state index in [-0.39, 0.29) is 12.5 Å². The van der Waals surface area contributed by atoms with Crippen LogP contribution < -0.4 is 15.0 Å². The van der Waals surface area contributed by atoms with Gasteiger partial charge in [-0.05, 0) is 42.5 Å². The van der Waals surface area contributed by atoms with E-state index < -0.39 is 0 Å². The first kappa shape index (κ1) is 17.3. The number of benzene rings is 1. The van der Waals surface area contributed by atoms with Gasteiger partial charge in [0.1, 0.15) is 11.6 Å². The van der Waals surface area contributed by atoms with Crippen molar-refractivity contribution in [2.24, 2.45) is 0 Å². The van der Waals surface area contributed by atoms with E-state index in [1.807, 2.05) is 42.6 Å². The van der Waals surface area contributed by atoms with Gasteiger partial charge in [-0.25, -0.2) is 4.98 Å². The summed E-state index contributed by atoms with van der Waals surface area (Å²) in [6, 6.07) is 11.9. The molecule has 1 aromatic carbocycles. The maximum atomic E-state index is 12.0. The number of anilines is 1. The third-order valence-corrected chi connectivity index (χ3v) is 4.44. The van der Waals surface area contributed by atoms with Crippen LogP contribution in [-0.4, -0.2) is 30.6 Å². The minimum absolute atomic E-state index is 0.0241. The largest absolute Gasteiger partial charge is 0.483 e. The van der Waals surface area contributed by atoms with Crippen molar-refractivity contribution in [2.45, 2.75) is 32.7 Å². The van der Waals surface area contributed by atoms with Crippen LogP contribution in [0.25, 0.3) is 0 Å². The number of aryl methyl sites for hydroxylation is 1. The normalized spacial score (nSPS) is 13.7. The average Bonchev–Trinajstić information content (AvgIpc) is 3.20. The summed E-state index contributed by atoms with van der Waals surface area (Å²) >= 11 is 0. The number of ether oxygens (including phenoxy) is 1. The second kappa shape index (κ2) is 8.51. The van der Waals surface area contributed by atoms with Crippen molar-refractivity contribution in [3.63, 3.8) is 0 Å². The minimum Gasteiger partial charge on any atom is -0.483 e. The summed E-state index contributed by atoms with van der Waals surface area (Å²) in [5, 5.41) is 2.88. The zero-order chi connectivity index (χ0) is 17.5. The number of aromatic nitrogens is 1. The standard InChI is InChI=1S/C20H25N3O2/c1-2-17-7-3-4-8-18(17)25-15-20(24)22-14-16-9-10-19(21-13-16)23-11-5-6-12-23/h3-4,7-10,13H,2,5-6,11-12,14-15H2,1H3,(H,22,24). The van der Waals surface area contributed by atoms with E-state index in [4.69, 9.17) is 4.74 Å². The molecule has 132 valence electrons. The number of carbonyl (C=O) groups excluding carboxylic acids is 1. The van der Waals surface area contributed by atoms with Crippen LogP contribution in [0.2, 0.25) is 0 Å². The Bertz CT molecular complexity index is 694. The summed E-state index contributed by atoms with van der Waals surface area (Å²) < 4.78 is 5.63. The second-order valence-electron chi connectivity index (χ2n) is 6.25. The molecule has 1 aliphatic rings. The number of carbonyl (C=O) groups is 1. The Morgan fingerprint density at radius 3 is 2.72 bits per heavy atom. The van der Waals surface area contributed by atoms with Crippen molar-refractivity contribution in [1.82, 2.24) is 10.3 Å². The quantitative estimate of drug-likeness (QED) is 0.843. The maximum absolute atomic E-state index is 12.0. The summed E-state index contributed by atoms with van der Waals surface area (Å²) in [4.78, 5) is 18.8. The molecule has 1 fully saturated rings. The van der Waals surface area contributed by atoms with Crippen LogP contribution in [0.5, 0.6) is 5.75 Å². The van der Waals surface area contributed by atoms with E-state index in [0.717, 1.165) is 42.2 Å². The van der Waals surface area contributed by atoms with Gasteiger partial charge in [-0.3, -0.25) is 4.79 Å². The van der Waals surface area contributed by atoms with Gasteiger partial charge < -0.3 is 15.0 Å². The van der Waals surface area contributed by atoms with Crippen molar-refractivity contribution in [3.8, 4) is 5.75 Å². The Balaban J connectivity index is 1.45. The van der Waals surface area contributed by atoms with Gasteiger partial charge in [0.25, 0.3) is 5.91 Å². The zero-order valence-corrected chi connectivity index (χ0v) is 14.7. The van der Waals surface area contributed by atoms with Gasteiger partial charge >= 0.3 is 0 Å². The highest BCUT2D eigenvalue weighted by molar-refractivity contribution is 5.77. The lowest BCUT2D eigenvalue weighted by atomic mass is 10.1. The van der Waals surface area contributed by atoms with Crippen LogP contribution in [0, 0.1) is 0 Å². The molecule has 3 rings (SSSR count). The fourth-order valence-corrected chi connectivity index (χ4v) is 2.99. The van der Waals surface area contributed by atoms with Gasteiger partial charge in [-0.2, -0.15) is 0 Å². The molecule has 1 aliphatic heterocycles. The predicted octanol–water partition coefficient (Wildman–Crippen LogP) is 2.94. The Morgan fingerprint density at radius 1 is 1.20 bits per heavy atom. The smallest absolute Gasteiger partial charge is 0.258 e. The molecule has 5 heteroatoms. The fraction of sp³-hybridized carbons (Fsp3) is 0.400. The van der Waals surface area contributed by atoms with E-state index in [1.54, 1.807) is 0 Å². The van der Waals surface area contributed by atoms with Crippen molar-refractivity contribution in [3.05, 3.63) is 53.7 Å². The van der Waals surface area contributed by atoms with Crippen molar-refractivity contribution in [2.75, 3.05) is 24.6 Å². The van der Waals surface area contributed by atoms with Gasteiger partial charge in [0.15, 0.2) is 6.61 Å². The molecule has 1 amide bonds. The van der Waals surface area contributed by atoms with E-state index in [1.165, 1.54) is 12.8 Å². The lowest BCUT2D eigenvalue weighted by molar-refractivity contribution is -0.123. The van der Waals surface area contributed by atoms with E-state index in [0.29, 0.717) is 6.54 Å². The lowest BCUT2D eigenvalue weighted by Gasteiger charge is -2.16. The monoisotopic (exact) mass is 339 g/mol. The highest BCUT2D eigenvalue weighted by Gasteiger charge is 2.13. The van der Waals surface area contributed by atoms with Gasteiger partial charge in [0.2, 0.25) is 0 Å². The highest BCUT2D eigenvalue weighted by Crippen LogP contribution is 2.18. The summed E-state index contributed by atoms with van der Waals surface area (Å²) in [5.41, 5.74) is 2.10. The SMILES string of the molecule is CCc1ccccc1OCC(=O)NCc1ccc(N2CCCC2)nc1. The molecule has 0 spiro atoms. The number of hydrogen-bond acceptors (Lipinski definition) is 4. The molecule has 0 bridgehead atoms. The Labute approximate surface area is 149 Å². The van der Waals surface area contributed by atoms with Crippen LogP contribution >= 0.6 is 0 Å². The van der Waals surface area contributed by atoms with Crippen LogP contribution in [0.15, 0.2) is 42.6 Å². The number of nitrogens with zero attached hydrogens (tertiary/aromatic N) is 2. The Morgan fingerprint density at radius 2 is 2.00 bits per heavy atom. The second-order valence-corrected chi connectivity index (χ2v) is 6.25. The molecule has 0 radical (unpaired) electrons. The molecule has 2 aromatic rings. The van der Waals surface area contributed by atoms with E-state index in [9.17, 15) is 4.79 Å². The molecule has 2 heterocycles. The number of nitrogens with one attached hydrogen (secondary N) is 1. The molecule has 0 saturated carbocycles. The third-order valence-electron chi connectivity index (χ3n) is 4.44. The van der Waals surface area contributed by atoms with Gasteiger partial charge in [0, 0.05) is 25.8 Å². The molecule has 0 unspecified atom stereocenters. The molecule has 5 nitrogen and oxygen atoms in total. The number of hydrogen-bond donors (Lipinski definition) is 1. The molecule has 1 saturated heterocycles. The lowest BCUT2D eigenvalue weighted by Crippen LogP contribution is -2.28. The maximum Gasteiger partial charge on any atom is 0.258 e. The molecule has 25 heavy (non-hydrogen) atoms. The molecule has 1 N–H and O–H groups in total. The molecule has 0 aliphatic carbocycles. The fourth-order valence-electron chi connectivity index (χ4n) is 2.99. The van der Waals surface area contributed by atoms with Gasteiger partial charge in [-0.15, -0.1) is 0 Å². The van der Waals surface area contributed by atoms with Crippen LogP contribution in [0.1, 0.15) is 30.9 Å². The summed E-state index contributed by atoms with van der Waals surface area (Å²) in [6.07, 6.45) is 5.19. The number of amides is 1. The number of pyridine rings is 1. The number of para-hydroxylation sites is 1. The first-order valence-electron chi connectivity index (χ1n) is 8.93. The van der Waals surface area contributed by atoms with E-state index in [2.05, 4.69) is 22.1 Å². The highest BCUT2D eigenvalue weighted by atomic mass is 16.5. The van der Waals surface area contributed by atoms with Crippen LogP contribution in [-0.2, 0) is 17.8 Å². The summed E-state index contributed by atoms with van der Waals surface area (Å²) in [6.45, 7) is 4.72. The van der Waals surface area contributed by atoms with Gasteiger partial charge in [-0.1, -0.05) is 31.2 Å². The first-order chi connectivity index (χ1) is 12.3. The number of rotatable bonds is 7. The minimum atomic E-state index is -0.130. The summed E-state index contributed by atoms with van der Waals surface area (Å²) in [5.74, 6) is 1.67. The average molecular weight is 339 g/mol. The van der Waals surface area contributed by atoms with E-state index >= 15 is 0 Å². The summed E-state index contributed by atoms with van der Waals surface area (Å²) in [7, 11) is 0. The third kappa shape index (κ3) is 4.72. The Hall–Kier alpha value is -2.56.